The first-order valence-corrected chi connectivity index (χ1v) is 8.78. The van der Waals surface area contributed by atoms with Gasteiger partial charge >= 0.3 is 0 Å². The molecule has 7 heteroatoms. The topological polar surface area (TPSA) is 74.3 Å². The van der Waals surface area contributed by atoms with Gasteiger partial charge in [0.15, 0.2) is 5.13 Å². The average Bonchev–Trinajstić information content (AvgIpc) is 3.17. The van der Waals surface area contributed by atoms with E-state index < -0.39 is 0 Å². The van der Waals surface area contributed by atoms with Gasteiger partial charge in [-0.15, -0.1) is 11.3 Å². The first-order valence-electron chi connectivity index (χ1n) is 7.90. The standard InChI is InChI=1S/C17H20N4O2S/c1-12(22)18-17-20-15(11-24-17)16(23)19-14-7-8-21(10-14)9-13-5-3-2-4-6-13/h2-6,11,14H,7-10H2,1H3,(H,19,23)(H,18,20,22)/t14-/m0/s1. The minimum atomic E-state index is -0.191. The number of hydrogen-bond acceptors (Lipinski definition) is 5. The highest BCUT2D eigenvalue weighted by Crippen LogP contribution is 2.17. The van der Waals surface area contributed by atoms with Crippen molar-refractivity contribution in [2.24, 2.45) is 0 Å². The van der Waals surface area contributed by atoms with Crippen molar-refractivity contribution in [1.29, 1.82) is 0 Å². The molecule has 0 spiro atoms. The van der Waals surface area contributed by atoms with E-state index in [1.165, 1.54) is 23.8 Å². The molecule has 1 aromatic carbocycles. The lowest BCUT2D eigenvalue weighted by Gasteiger charge is -2.16. The molecule has 24 heavy (non-hydrogen) atoms. The smallest absolute Gasteiger partial charge is 0.271 e. The van der Waals surface area contributed by atoms with Gasteiger partial charge in [0.1, 0.15) is 5.69 Å². The summed E-state index contributed by atoms with van der Waals surface area (Å²) in [5, 5.41) is 7.73. The first-order chi connectivity index (χ1) is 11.6. The molecular formula is C17H20N4O2S. The zero-order valence-electron chi connectivity index (χ0n) is 13.5. The van der Waals surface area contributed by atoms with E-state index in [-0.39, 0.29) is 17.9 Å². The molecule has 1 aliphatic heterocycles. The molecule has 1 fully saturated rings. The van der Waals surface area contributed by atoms with E-state index in [1.807, 2.05) is 18.2 Å². The SMILES string of the molecule is CC(=O)Nc1nc(C(=O)N[C@H]2CCN(Cc3ccccc3)C2)cs1. The normalized spacial score (nSPS) is 17.6. The summed E-state index contributed by atoms with van der Waals surface area (Å²) in [4.78, 5) is 29.8. The van der Waals surface area contributed by atoms with Crippen molar-refractivity contribution in [3.8, 4) is 0 Å². The number of aromatic nitrogens is 1. The van der Waals surface area contributed by atoms with E-state index in [2.05, 4.69) is 32.7 Å². The quantitative estimate of drug-likeness (QED) is 0.871. The summed E-state index contributed by atoms with van der Waals surface area (Å²) < 4.78 is 0. The molecule has 2 N–H and O–H groups in total. The lowest BCUT2D eigenvalue weighted by Crippen LogP contribution is -2.37. The van der Waals surface area contributed by atoms with Crippen molar-refractivity contribution in [2.75, 3.05) is 18.4 Å². The van der Waals surface area contributed by atoms with Crippen LogP contribution < -0.4 is 10.6 Å². The number of nitrogens with zero attached hydrogens (tertiary/aromatic N) is 2. The highest BCUT2D eigenvalue weighted by Gasteiger charge is 2.25. The number of amides is 2. The van der Waals surface area contributed by atoms with Gasteiger partial charge in [0.25, 0.3) is 5.91 Å². The first kappa shape index (κ1) is 16.6. The van der Waals surface area contributed by atoms with Crippen molar-refractivity contribution >= 4 is 28.3 Å². The average molecular weight is 344 g/mol. The third kappa shape index (κ3) is 4.39. The molecule has 2 heterocycles. The van der Waals surface area contributed by atoms with Gasteiger partial charge in [-0.2, -0.15) is 0 Å². The lowest BCUT2D eigenvalue weighted by atomic mass is 10.2. The van der Waals surface area contributed by atoms with Gasteiger partial charge < -0.3 is 10.6 Å². The second-order valence-corrected chi connectivity index (χ2v) is 6.76. The molecule has 0 aliphatic carbocycles. The van der Waals surface area contributed by atoms with Crippen LogP contribution in [0, 0.1) is 0 Å². The number of thiazole rings is 1. The molecule has 1 aromatic heterocycles. The van der Waals surface area contributed by atoms with Crippen molar-refractivity contribution in [2.45, 2.75) is 25.9 Å². The van der Waals surface area contributed by atoms with Crippen molar-refractivity contribution in [3.05, 3.63) is 47.0 Å². The van der Waals surface area contributed by atoms with Crippen LogP contribution in [0.3, 0.4) is 0 Å². The second-order valence-electron chi connectivity index (χ2n) is 5.90. The Kier molecular flexibility index (Phi) is 5.22. The molecule has 6 nitrogen and oxygen atoms in total. The summed E-state index contributed by atoms with van der Waals surface area (Å²) in [5.41, 5.74) is 1.63. The second kappa shape index (κ2) is 7.55. The van der Waals surface area contributed by atoms with E-state index >= 15 is 0 Å². The Morgan fingerprint density at radius 1 is 1.33 bits per heavy atom. The van der Waals surface area contributed by atoms with E-state index in [0.717, 1.165) is 26.1 Å². The predicted molar refractivity (Wildman–Crippen MR) is 94.0 cm³/mol. The molecule has 0 radical (unpaired) electrons. The molecule has 2 amide bonds. The Labute approximate surface area is 144 Å². The summed E-state index contributed by atoms with van der Waals surface area (Å²) in [6.45, 7) is 4.12. The van der Waals surface area contributed by atoms with Crippen LogP contribution in [0.2, 0.25) is 0 Å². The lowest BCUT2D eigenvalue weighted by molar-refractivity contribution is -0.114. The Morgan fingerprint density at radius 2 is 2.12 bits per heavy atom. The molecule has 1 atom stereocenters. The number of carbonyl (C=O) groups is 2. The number of hydrogen-bond donors (Lipinski definition) is 2. The van der Waals surface area contributed by atoms with Gasteiger partial charge in [-0.25, -0.2) is 4.98 Å². The van der Waals surface area contributed by atoms with Crippen LogP contribution >= 0.6 is 11.3 Å². The van der Waals surface area contributed by atoms with E-state index in [4.69, 9.17) is 0 Å². The van der Waals surface area contributed by atoms with E-state index in [9.17, 15) is 9.59 Å². The van der Waals surface area contributed by atoms with E-state index in [0.29, 0.717) is 10.8 Å². The summed E-state index contributed by atoms with van der Waals surface area (Å²) >= 11 is 1.25. The van der Waals surface area contributed by atoms with Gasteiger partial charge in [-0.05, 0) is 12.0 Å². The van der Waals surface area contributed by atoms with Crippen LogP contribution in [0.1, 0.15) is 29.4 Å². The molecule has 3 rings (SSSR count). The molecule has 0 unspecified atom stereocenters. The fraction of sp³-hybridized carbons (Fsp3) is 0.353. The minimum absolute atomic E-state index is 0.132. The number of carbonyl (C=O) groups excluding carboxylic acids is 2. The van der Waals surface area contributed by atoms with Crippen LogP contribution in [0.25, 0.3) is 0 Å². The molecule has 0 saturated carbocycles. The molecule has 1 saturated heterocycles. The Hall–Kier alpha value is -2.25. The van der Waals surface area contributed by atoms with Crippen molar-refractivity contribution in [1.82, 2.24) is 15.2 Å². The van der Waals surface area contributed by atoms with Crippen LogP contribution in [-0.2, 0) is 11.3 Å². The number of rotatable bonds is 5. The molecule has 0 bridgehead atoms. The number of nitrogens with one attached hydrogen (secondary N) is 2. The monoisotopic (exact) mass is 344 g/mol. The Bertz CT molecular complexity index is 716. The highest BCUT2D eigenvalue weighted by atomic mass is 32.1. The fourth-order valence-corrected chi connectivity index (χ4v) is 3.52. The van der Waals surface area contributed by atoms with Crippen LogP contribution in [0.15, 0.2) is 35.7 Å². The third-order valence-electron chi connectivity index (χ3n) is 3.88. The van der Waals surface area contributed by atoms with Gasteiger partial charge in [0.05, 0.1) is 0 Å². The number of likely N-dealkylation sites (tertiary alicyclic amines) is 1. The van der Waals surface area contributed by atoms with Gasteiger partial charge in [0.2, 0.25) is 5.91 Å². The zero-order valence-corrected chi connectivity index (χ0v) is 14.3. The number of benzene rings is 1. The van der Waals surface area contributed by atoms with Gasteiger partial charge in [0, 0.05) is 38.0 Å². The molecule has 2 aromatic rings. The van der Waals surface area contributed by atoms with Gasteiger partial charge in [-0.3, -0.25) is 14.5 Å². The van der Waals surface area contributed by atoms with Crippen molar-refractivity contribution < 1.29 is 9.59 Å². The Balaban J connectivity index is 1.50. The summed E-state index contributed by atoms with van der Waals surface area (Å²) in [6.07, 6.45) is 0.932. The summed E-state index contributed by atoms with van der Waals surface area (Å²) in [5.74, 6) is -0.377. The highest BCUT2D eigenvalue weighted by molar-refractivity contribution is 7.14. The summed E-state index contributed by atoms with van der Waals surface area (Å²) in [6, 6.07) is 10.5. The molecule has 1 aliphatic rings. The largest absolute Gasteiger partial charge is 0.347 e. The fourth-order valence-electron chi connectivity index (χ4n) is 2.78. The maximum atomic E-state index is 12.3. The van der Waals surface area contributed by atoms with Crippen molar-refractivity contribution in [3.63, 3.8) is 0 Å². The van der Waals surface area contributed by atoms with Crippen LogP contribution in [0.5, 0.6) is 0 Å². The van der Waals surface area contributed by atoms with Crippen LogP contribution in [0.4, 0.5) is 5.13 Å². The van der Waals surface area contributed by atoms with Gasteiger partial charge in [-0.1, -0.05) is 30.3 Å². The Morgan fingerprint density at radius 3 is 2.88 bits per heavy atom. The number of anilines is 1. The molecule has 126 valence electrons. The third-order valence-corrected chi connectivity index (χ3v) is 4.63. The summed E-state index contributed by atoms with van der Waals surface area (Å²) in [7, 11) is 0. The predicted octanol–water partition coefficient (Wildman–Crippen LogP) is 2.11. The van der Waals surface area contributed by atoms with Crippen LogP contribution in [-0.4, -0.2) is 40.8 Å². The van der Waals surface area contributed by atoms with E-state index in [1.54, 1.807) is 5.38 Å². The minimum Gasteiger partial charge on any atom is -0.347 e. The molecular weight excluding hydrogens is 324 g/mol. The maximum absolute atomic E-state index is 12.3. The zero-order chi connectivity index (χ0) is 16.9. The maximum Gasteiger partial charge on any atom is 0.271 e.